The molecule has 1 aromatic carbocycles. The molecule has 2 bridgehead atoms. The van der Waals surface area contributed by atoms with Gasteiger partial charge < -0.3 is 10.2 Å². The van der Waals surface area contributed by atoms with Gasteiger partial charge in [0.05, 0.1) is 5.52 Å². The van der Waals surface area contributed by atoms with Crippen LogP contribution in [0.5, 0.6) is 0 Å². The fourth-order valence-electron chi connectivity index (χ4n) is 3.24. The Morgan fingerprint density at radius 3 is 2.58 bits per heavy atom. The quantitative estimate of drug-likeness (QED) is 0.882. The van der Waals surface area contributed by atoms with Crippen molar-refractivity contribution in [3.05, 3.63) is 24.3 Å². The molecule has 1 atom stereocenters. The highest BCUT2D eigenvalue weighted by Gasteiger charge is 2.34. The molecule has 5 heteroatoms. The van der Waals surface area contributed by atoms with Gasteiger partial charge in [0.25, 0.3) is 0 Å². The largest absolute Gasteiger partial charge is 0.349 e. The average Bonchev–Trinajstić information content (AvgIpc) is 2.48. The minimum absolute atomic E-state index is 0.477. The number of benzene rings is 1. The molecular weight excluding hydrogens is 238 g/mol. The highest BCUT2D eigenvalue weighted by Crippen LogP contribution is 2.29. The van der Waals surface area contributed by atoms with Crippen molar-refractivity contribution in [2.24, 2.45) is 5.92 Å². The number of nitrogens with zero attached hydrogens (tertiary/aromatic N) is 4. The maximum atomic E-state index is 4.55. The average molecular weight is 255 g/mol. The number of piperidine rings is 3. The molecule has 2 aromatic rings. The van der Waals surface area contributed by atoms with Crippen LogP contribution in [0.4, 0.5) is 5.95 Å². The topological polar surface area (TPSA) is 53.9 Å². The summed E-state index contributed by atoms with van der Waals surface area (Å²) in [5, 5.41) is 11.9. The lowest BCUT2D eigenvalue weighted by molar-refractivity contribution is 0.0972. The van der Waals surface area contributed by atoms with Crippen molar-refractivity contribution in [1.29, 1.82) is 0 Å². The van der Waals surface area contributed by atoms with Gasteiger partial charge in [-0.05, 0) is 44.0 Å². The van der Waals surface area contributed by atoms with Crippen LogP contribution in [0.1, 0.15) is 12.8 Å². The van der Waals surface area contributed by atoms with E-state index in [9.17, 15) is 0 Å². The van der Waals surface area contributed by atoms with E-state index in [0.29, 0.717) is 12.0 Å². The molecule has 1 unspecified atom stereocenters. The molecule has 0 saturated carbocycles. The molecule has 3 aliphatic rings. The first-order chi connectivity index (χ1) is 9.38. The maximum Gasteiger partial charge on any atom is 0.243 e. The number of hydrogen-bond acceptors (Lipinski definition) is 5. The van der Waals surface area contributed by atoms with Crippen LogP contribution >= 0.6 is 0 Å². The molecular formula is C14H17N5. The molecule has 5 nitrogen and oxygen atoms in total. The summed E-state index contributed by atoms with van der Waals surface area (Å²) in [4.78, 5) is 7.07. The molecule has 1 aromatic heterocycles. The van der Waals surface area contributed by atoms with Crippen LogP contribution in [0.25, 0.3) is 11.0 Å². The van der Waals surface area contributed by atoms with E-state index in [-0.39, 0.29) is 0 Å². The van der Waals surface area contributed by atoms with Crippen LogP contribution in [-0.2, 0) is 0 Å². The molecule has 3 aliphatic heterocycles. The van der Waals surface area contributed by atoms with Crippen molar-refractivity contribution in [3.8, 4) is 0 Å². The van der Waals surface area contributed by atoms with E-state index in [1.807, 2.05) is 24.3 Å². The SMILES string of the molecule is c1ccc2nc(NC3CN4CCC3CC4)nnc2c1. The van der Waals surface area contributed by atoms with E-state index >= 15 is 0 Å². The zero-order valence-electron chi connectivity index (χ0n) is 10.8. The van der Waals surface area contributed by atoms with Crippen molar-refractivity contribution in [3.63, 3.8) is 0 Å². The Morgan fingerprint density at radius 1 is 1.05 bits per heavy atom. The summed E-state index contributed by atoms with van der Waals surface area (Å²) in [5.74, 6) is 1.43. The van der Waals surface area contributed by atoms with Crippen LogP contribution in [0, 0.1) is 5.92 Å². The Hall–Kier alpha value is -1.75. The first-order valence-corrected chi connectivity index (χ1v) is 6.97. The van der Waals surface area contributed by atoms with Gasteiger partial charge in [-0.25, -0.2) is 4.98 Å². The number of fused-ring (bicyclic) bond motifs is 4. The summed E-state index contributed by atoms with van der Waals surface area (Å²) < 4.78 is 0. The molecule has 0 aliphatic carbocycles. The Morgan fingerprint density at radius 2 is 1.84 bits per heavy atom. The van der Waals surface area contributed by atoms with E-state index in [0.717, 1.165) is 23.5 Å². The Balaban J connectivity index is 1.58. The number of nitrogens with one attached hydrogen (secondary N) is 1. The van der Waals surface area contributed by atoms with Crippen LogP contribution in [-0.4, -0.2) is 45.8 Å². The normalized spacial score (nSPS) is 29.6. The minimum Gasteiger partial charge on any atom is -0.349 e. The van der Waals surface area contributed by atoms with Crippen molar-refractivity contribution in [2.75, 3.05) is 25.0 Å². The number of hydrogen-bond donors (Lipinski definition) is 1. The third kappa shape index (κ3) is 2.04. The molecule has 0 amide bonds. The highest BCUT2D eigenvalue weighted by molar-refractivity contribution is 5.74. The predicted octanol–water partition coefficient (Wildman–Crippen LogP) is 1.53. The lowest BCUT2D eigenvalue weighted by Crippen LogP contribution is -2.53. The second kappa shape index (κ2) is 4.42. The lowest BCUT2D eigenvalue weighted by Gasteiger charge is -2.44. The Bertz CT molecular complexity index is 591. The molecule has 19 heavy (non-hydrogen) atoms. The summed E-state index contributed by atoms with van der Waals surface area (Å²) in [6.45, 7) is 3.61. The Labute approximate surface area is 112 Å². The van der Waals surface area contributed by atoms with Gasteiger partial charge in [-0.1, -0.05) is 12.1 Å². The van der Waals surface area contributed by atoms with E-state index < -0.39 is 0 Å². The lowest BCUT2D eigenvalue weighted by atomic mass is 9.84. The third-order valence-corrected chi connectivity index (χ3v) is 4.33. The zero-order chi connectivity index (χ0) is 12.7. The molecule has 98 valence electrons. The van der Waals surface area contributed by atoms with Gasteiger partial charge in [-0.2, -0.15) is 0 Å². The smallest absolute Gasteiger partial charge is 0.243 e. The Kier molecular flexibility index (Phi) is 2.58. The summed E-state index contributed by atoms with van der Waals surface area (Å²) in [6.07, 6.45) is 2.58. The van der Waals surface area contributed by atoms with Gasteiger partial charge >= 0.3 is 0 Å². The van der Waals surface area contributed by atoms with E-state index in [1.165, 1.54) is 25.9 Å². The first-order valence-electron chi connectivity index (χ1n) is 6.97. The zero-order valence-corrected chi connectivity index (χ0v) is 10.8. The van der Waals surface area contributed by atoms with E-state index in [2.05, 4.69) is 25.4 Å². The summed E-state index contributed by atoms with van der Waals surface area (Å²) >= 11 is 0. The van der Waals surface area contributed by atoms with Crippen LogP contribution in [0.3, 0.4) is 0 Å². The van der Waals surface area contributed by atoms with Crippen molar-refractivity contribution in [2.45, 2.75) is 18.9 Å². The van der Waals surface area contributed by atoms with Crippen molar-refractivity contribution in [1.82, 2.24) is 20.1 Å². The second-order valence-electron chi connectivity index (χ2n) is 5.51. The van der Waals surface area contributed by atoms with E-state index in [1.54, 1.807) is 0 Å². The summed E-state index contributed by atoms with van der Waals surface area (Å²) in [7, 11) is 0. The summed E-state index contributed by atoms with van der Waals surface area (Å²) in [5.41, 5.74) is 1.75. The van der Waals surface area contributed by atoms with Crippen molar-refractivity contribution >= 4 is 17.0 Å². The number of para-hydroxylation sites is 1. The molecule has 1 N–H and O–H groups in total. The molecule has 0 radical (unpaired) electrons. The summed E-state index contributed by atoms with van der Waals surface area (Å²) in [6, 6.07) is 8.33. The van der Waals surface area contributed by atoms with E-state index in [4.69, 9.17) is 0 Å². The predicted molar refractivity (Wildman–Crippen MR) is 73.9 cm³/mol. The number of anilines is 1. The fourth-order valence-corrected chi connectivity index (χ4v) is 3.24. The van der Waals surface area contributed by atoms with Gasteiger partial charge in [-0.15, -0.1) is 10.2 Å². The minimum atomic E-state index is 0.477. The molecule has 5 rings (SSSR count). The van der Waals surface area contributed by atoms with Gasteiger partial charge in [0.2, 0.25) is 5.95 Å². The molecule has 3 saturated heterocycles. The highest BCUT2D eigenvalue weighted by atomic mass is 15.3. The van der Waals surface area contributed by atoms with Gasteiger partial charge in [0, 0.05) is 12.6 Å². The standard InChI is InChI=1S/C14H17N5/c1-2-4-12-11(3-1)15-14(18-17-12)16-13-9-19-7-5-10(13)6-8-19/h1-4,10,13H,5-9H2,(H,15,16,18). The van der Waals surface area contributed by atoms with Crippen molar-refractivity contribution < 1.29 is 0 Å². The van der Waals surface area contributed by atoms with Crippen LogP contribution in [0.2, 0.25) is 0 Å². The number of rotatable bonds is 2. The third-order valence-electron chi connectivity index (χ3n) is 4.33. The van der Waals surface area contributed by atoms with Gasteiger partial charge in [0.1, 0.15) is 5.52 Å². The fraction of sp³-hybridized carbons (Fsp3) is 0.500. The second-order valence-corrected chi connectivity index (χ2v) is 5.51. The van der Waals surface area contributed by atoms with Gasteiger partial charge in [0.15, 0.2) is 0 Å². The van der Waals surface area contributed by atoms with Crippen LogP contribution in [0.15, 0.2) is 24.3 Å². The molecule has 3 fully saturated rings. The van der Waals surface area contributed by atoms with Gasteiger partial charge in [-0.3, -0.25) is 0 Å². The number of aromatic nitrogens is 3. The molecule has 0 spiro atoms. The monoisotopic (exact) mass is 255 g/mol. The molecule has 4 heterocycles. The maximum absolute atomic E-state index is 4.55. The first kappa shape index (κ1) is 11.1. The van der Waals surface area contributed by atoms with Crippen LogP contribution < -0.4 is 5.32 Å².